The molecule has 2 rings (SSSR count). The summed E-state index contributed by atoms with van der Waals surface area (Å²) in [5.74, 6) is 0.150. The first kappa shape index (κ1) is 16.8. The molecule has 0 bridgehead atoms. The number of ether oxygens (including phenoxy) is 1. The maximum absolute atomic E-state index is 11.7. The Morgan fingerprint density at radius 2 is 2.32 bits per heavy atom. The molecule has 0 radical (unpaired) electrons. The van der Waals surface area contributed by atoms with Gasteiger partial charge in [-0.05, 0) is 36.8 Å². The summed E-state index contributed by atoms with van der Waals surface area (Å²) in [4.78, 5) is 22.8. The zero-order valence-electron chi connectivity index (χ0n) is 12.6. The Morgan fingerprint density at radius 1 is 1.55 bits per heavy atom. The van der Waals surface area contributed by atoms with E-state index in [1.165, 1.54) is 6.07 Å². The zero-order chi connectivity index (χ0) is 16.1. The largest absolute Gasteiger partial charge is 0.507 e. The van der Waals surface area contributed by atoms with E-state index in [2.05, 4.69) is 6.92 Å². The van der Waals surface area contributed by atoms with E-state index in [1.54, 1.807) is 12.1 Å². The predicted molar refractivity (Wildman–Crippen MR) is 87.0 cm³/mol. The molecule has 5 nitrogen and oxygen atoms in total. The van der Waals surface area contributed by atoms with Gasteiger partial charge in [0.2, 0.25) is 5.91 Å². The third-order valence-electron chi connectivity index (χ3n) is 4.30. The molecule has 4 unspecified atom stereocenters. The minimum absolute atomic E-state index is 0.0364. The lowest BCUT2D eigenvalue weighted by Gasteiger charge is -2.27. The second-order valence-electron chi connectivity index (χ2n) is 5.76. The molecule has 22 heavy (non-hydrogen) atoms. The van der Waals surface area contributed by atoms with Crippen LogP contribution in [0.5, 0.6) is 11.5 Å². The number of amides is 1. The summed E-state index contributed by atoms with van der Waals surface area (Å²) in [5.41, 5.74) is 5.69. The maximum atomic E-state index is 11.7. The van der Waals surface area contributed by atoms with Crippen LogP contribution in [0.2, 0.25) is 0 Å². The summed E-state index contributed by atoms with van der Waals surface area (Å²) in [6.07, 6.45) is 3.47. The number of phenolic OH excluding ortho intramolecular Hbond substituents is 1. The van der Waals surface area contributed by atoms with Crippen LogP contribution in [0.15, 0.2) is 18.2 Å². The van der Waals surface area contributed by atoms with Crippen molar-refractivity contribution in [2.24, 2.45) is 23.5 Å². The number of rotatable bonds is 5. The number of nitrogens with two attached hydrogens (primary N) is 1. The number of phenols is 1. The molecule has 4 atom stereocenters. The van der Waals surface area contributed by atoms with Gasteiger partial charge in [-0.1, -0.05) is 13.0 Å². The number of carbonyl (C=O) groups is 2. The SMILES string of the molecule is CC1CPCCC(C(N)=O)C1COc1cccc(O)c1C=O. The Morgan fingerprint density at radius 3 is 3.00 bits per heavy atom. The molecule has 1 heterocycles. The van der Waals surface area contributed by atoms with Crippen molar-refractivity contribution in [2.75, 3.05) is 18.9 Å². The summed E-state index contributed by atoms with van der Waals surface area (Å²) in [7, 11) is 0.847. The van der Waals surface area contributed by atoms with Crippen molar-refractivity contribution in [2.45, 2.75) is 13.3 Å². The molecule has 3 N–H and O–H groups in total. The third kappa shape index (κ3) is 3.77. The zero-order valence-corrected chi connectivity index (χ0v) is 13.6. The van der Waals surface area contributed by atoms with Crippen LogP contribution in [-0.2, 0) is 4.79 Å². The molecular formula is C16H22NO4P. The molecular weight excluding hydrogens is 301 g/mol. The van der Waals surface area contributed by atoms with E-state index in [0.29, 0.717) is 24.6 Å². The highest BCUT2D eigenvalue weighted by atomic mass is 31.1. The van der Waals surface area contributed by atoms with Gasteiger partial charge in [-0.3, -0.25) is 9.59 Å². The summed E-state index contributed by atoms with van der Waals surface area (Å²) in [6, 6.07) is 4.71. The Balaban J connectivity index is 2.15. The average Bonchev–Trinajstić information content (AvgIpc) is 2.67. The smallest absolute Gasteiger partial charge is 0.220 e. The normalized spacial score (nSPS) is 26.3. The van der Waals surface area contributed by atoms with Gasteiger partial charge in [0.1, 0.15) is 11.5 Å². The van der Waals surface area contributed by atoms with Crippen molar-refractivity contribution in [3.05, 3.63) is 23.8 Å². The number of carbonyl (C=O) groups excluding carboxylic acids is 2. The first-order chi connectivity index (χ1) is 10.5. The van der Waals surface area contributed by atoms with E-state index in [1.807, 2.05) is 0 Å². The van der Waals surface area contributed by atoms with Crippen LogP contribution in [0.1, 0.15) is 23.7 Å². The summed E-state index contributed by atoms with van der Waals surface area (Å²) >= 11 is 0. The van der Waals surface area contributed by atoms with Gasteiger partial charge < -0.3 is 15.6 Å². The number of aromatic hydroxyl groups is 1. The average molecular weight is 323 g/mol. The number of aldehydes is 1. The van der Waals surface area contributed by atoms with Crippen LogP contribution in [-0.4, -0.2) is 36.2 Å². The van der Waals surface area contributed by atoms with Crippen molar-refractivity contribution in [1.82, 2.24) is 0 Å². The van der Waals surface area contributed by atoms with Gasteiger partial charge >= 0.3 is 0 Å². The molecule has 0 saturated carbocycles. The minimum atomic E-state index is -0.279. The van der Waals surface area contributed by atoms with Gasteiger partial charge in [0.15, 0.2) is 6.29 Å². The van der Waals surface area contributed by atoms with Gasteiger partial charge in [0.05, 0.1) is 12.2 Å². The Kier molecular flexibility index (Phi) is 5.78. The Labute approximate surface area is 132 Å². The van der Waals surface area contributed by atoms with Crippen molar-refractivity contribution < 1.29 is 19.4 Å². The Bertz CT molecular complexity index is 549. The van der Waals surface area contributed by atoms with E-state index in [4.69, 9.17) is 10.5 Å². The van der Waals surface area contributed by atoms with Crippen LogP contribution >= 0.6 is 8.58 Å². The quantitative estimate of drug-likeness (QED) is 0.641. The highest BCUT2D eigenvalue weighted by molar-refractivity contribution is 7.37. The fraction of sp³-hybridized carbons (Fsp3) is 0.500. The molecule has 0 spiro atoms. The van der Waals surface area contributed by atoms with Crippen LogP contribution in [0, 0.1) is 17.8 Å². The molecule has 0 aromatic heterocycles. The second kappa shape index (κ2) is 7.59. The molecule has 6 heteroatoms. The molecule has 1 aliphatic rings. The van der Waals surface area contributed by atoms with Gasteiger partial charge in [-0.15, -0.1) is 8.58 Å². The molecule has 1 aromatic carbocycles. The summed E-state index contributed by atoms with van der Waals surface area (Å²) < 4.78 is 5.76. The third-order valence-corrected chi connectivity index (χ3v) is 5.88. The molecule has 1 fully saturated rings. The van der Waals surface area contributed by atoms with Crippen molar-refractivity contribution in [3.63, 3.8) is 0 Å². The first-order valence-electron chi connectivity index (χ1n) is 7.44. The monoisotopic (exact) mass is 323 g/mol. The second-order valence-corrected chi connectivity index (χ2v) is 7.17. The molecule has 0 aliphatic carbocycles. The van der Waals surface area contributed by atoms with E-state index in [0.717, 1.165) is 27.3 Å². The molecule has 1 aromatic rings. The Hall–Kier alpha value is -1.61. The van der Waals surface area contributed by atoms with Crippen LogP contribution in [0.3, 0.4) is 0 Å². The standard InChI is InChI=1S/C16H22NO4P/c1-10-9-22-6-5-11(16(17)20)13(10)8-21-15-4-2-3-14(19)12(15)7-18/h2-4,7,10-11,13,19,22H,5-6,8-9H2,1H3,(H2,17,20). The number of hydrogen-bond donors (Lipinski definition) is 2. The fourth-order valence-electron chi connectivity index (χ4n) is 2.95. The van der Waals surface area contributed by atoms with Crippen molar-refractivity contribution >= 4 is 20.8 Å². The minimum Gasteiger partial charge on any atom is -0.507 e. The summed E-state index contributed by atoms with van der Waals surface area (Å²) in [5, 5.41) is 9.68. The molecule has 1 aliphatic heterocycles. The van der Waals surface area contributed by atoms with Crippen molar-refractivity contribution in [1.29, 1.82) is 0 Å². The van der Waals surface area contributed by atoms with Crippen molar-refractivity contribution in [3.8, 4) is 11.5 Å². The highest BCUT2D eigenvalue weighted by Gasteiger charge is 2.33. The van der Waals surface area contributed by atoms with Crippen LogP contribution in [0.25, 0.3) is 0 Å². The molecule has 120 valence electrons. The van der Waals surface area contributed by atoms with E-state index in [-0.39, 0.29) is 29.1 Å². The van der Waals surface area contributed by atoms with E-state index < -0.39 is 0 Å². The lowest BCUT2D eigenvalue weighted by atomic mass is 9.82. The summed E-state index contributed by atoms with van der Waals surface area (Å²) in [6.45, 7) is 2.44. The number of hydrogen-bond acceptors (Lipinski definition) is 4. The molecule has 1 saturated heterocycles. The van der Waals surface area contributed by atoms with Gasteiger partial charge in [-0.2, -0.15) is 0 Å². The van der Waals surface area contributed by atoms with Crippen LogP contribution < -0.4 is 10.5 Å². The first-order valence-corrected chi connectivity index (χ1v) is 8.86. The lowest BCUT2D eigenvalue weighted by Crippen LogP contribution is -2.36. The highest BCUT2D eigenvalue weighted by Crippen LogP contribution is 2.36. The van der Waals surface area contributed by atoms with Gasteiger partial charge in [0.25, 0.3) is 0 Å². The topological polar surface area (TPSA) is 89.6 Å². The van der Waals surface area contributed by atoms with Crippen LogP contribution in [0.4, 0.5) is 0 Å². The number of benzene rings is 1. The number of primary amides is 1. The fourth-order valence-corrected chi connectivity index (χ4v) is 4.42. The maximum Gasteiger partial charge on any atom is 0.220 e. The lowest BCUT2D eigenvalue weighted by molar-refractivity contribution is -0.124. The van der Waals surface area contributed by atoms with E-state index in [9.17, 15) is 14.7 Å². The van der Waals surface area contributed by atoms with E-state index >= 15 is 0 Å². The molecule has 1 amide bonds. The van der Waals surface area contributed by atoms with Gasteiger partial charge in [-0.25, -0.2) is 0 Å². The predicted octanol–water partition coefficient (Wildman–Crippen LogP) is 2.02. The van der Waals surface area contributed by atoms with Gasteiger partial charge in [0, 0.05) is 11.8 Å².